The minimum Gasteiger partial charge on any atom is -0.481 e. The number of carboxylic acid groups (broad SMARTS) is 1. The molecule has 0 aliphatic carbocycles. The van der Waals surface area contributed by atoms with Crippen molar-refractivity contribution in [2.45, 2.75) is 6.42 Å². The molecule has 0 aliphatic rings. The Bertz CT molecular complexity index is 349. The van der Waals surface area contributed by atoms with Crippen LogP contribution in [0.25, 0.3) is 0 Å². The maximum Gasteiger partial charge on any atom is 0.305 e. The summed E-state index contributed by atoms with van der Waals surface area (Å²) in [6.45, 7) is 7.81. The largest absolute Gasteiger partial charge is 0.481 e. The van der Waals surface area contributed by atoms with E-state index in [2.05, 4.69) is 12.6 Å². The third-order valence-corrected chi connectivity index (χ3v) is 3.48. The maximum absolute atomic E-state index is 10.3. The molecular formula is C19H38O10S. The van der Waals surface area contributed by atoms with Gasteiger partial charge in [0.1, 0.15) is 0 Å². The third-order valence-electron chi connectivity index (χ3n) is 3.30. The smallest absolute Gasteiger partial charge is 0.305 e. The fourth-order valence-corrected chi connectivity index (χ4v) is 1.99. The summed E-state index contributed by atoms with van der Waals surface area (Å²) < 4.78 is 42.5. The van der Waals surface area contributed by atoms with E-state index in [1.54, 1.807) is 0 Å². The Kier molecular flexibility index (Phi) is 26.1. The number of hydrogen-bond acceptors (Lipinski definition) is 10. The summed E-state index contributed by atoms with van der Waals surface area (Å²) in [6, 6.07) is 0. The van der Waals surface area contributed by atoms with Gasteiger partial charge in [0.2, 0.25) is 0 Å². The highest BCUT2D eigenvalue weighted by Gasteiger charge is 1.97. The Labute approximate surface area is 184 Å². The normalized spacial score (nSPS) is 11.2. The van der Waals surface area contributed by atoms with E-state index in [9.17, 15) is 4.79 Å². The van der Waals surface area contributed by atoms with E-state index in [4.69, 9.17) is 43.0 Å². The Balaban J connectivity index is 2.99. The molecule has 0 aliphatic heterocycles. The topological polar surface area (TPSA) is 111 Å². The molecule has 0 spiro atoms. The summed E-state index contributed by atoms with van der Waals surface area (Å²) in [6.07, 6.45) is 0.00543. The lowest BCUT2D eigenvalue weighted by Gasteiger charge is -2.08. The lowest BCUT2D eigenvalue weighted by molar-refractivity contribution is -0.138. The van der Waals surface area contributed by atoms with Crippen molar-refractivity contribution in [1.29, 1.82) is 0 Å². The van der Waals surface area contributed by atoms with E-state index in [1.165, 1.54) is 0 Å². The highest BCUT2D eigenvalue weighted by atomic mass is 32.1. The molecule has 0 bridgehead atoms. The molecular weight excluding hydrogens is 420 g/mol. The quantitative estimate of drug-likeness (QED) is 0.141. The molecule has 0 rings (SSSR count). The molecule has 1 N–H and O–H groups in total. The molecule has 0 saturated heterocycles. The van der Waals surface area contributed by atoms with Gasteiger partial charge in [-0.1, -0.05) is 0 Å². The zero-order valence-corrected chi connectivity index (χ0v) is 18.7. The number of hydrogen-bond donors (Lipinski definition) is 2. The molecule has 0 saturated carbocycles. The van der Waals surface area contributed by atoms with Crippen molar-refractivity contribution in [2.24, 2.45) is 0 Å². The van der Waals surface area contributed by atoms with Gasteiger partial charge in [0, 0.05) is 5.75 Å². The predicted molar refractivity (Wildman–Crippen MR) is 113 cm³/mol. The van der Waals surface area contributed by atoms with Crippen molar-refractivity contribution in [1.82, 2.24) is 0 Å². The summed E-state index contributed by atoms with van der Waals surface area (Å²) >= 11 is 4.05. The molecule has 0 heterocycles. The molecule has 11 heteroatoms. The molecule has 0 radical (unpaired) electrons. The fourth-order valence-electron chi connectivity index (χ4n) is 1.87. The zero-order valence-electron chi connectivity index (χ0n) is 17.8. The van der Waals surface area contributed by atoms with Crippen LogP contribution in [0.4, 0.5) is 0 Å². The van der Waals surface area contributed by atoms with Crippen molar-refractivity contribution in [3.63, 3.8) is 0 Å². The van der Waals surface area contributed by atoms with Crippen molar-refractivity contribution < 1.29 is 47.8 Å². The molecule has 0 aromatic rings. The lowest BCUT2D eigenvalue weighted by atomic mass is 10.5. The number of ether oxygens (including phenoxy) is 8. The molecule has 0 amide bonds. The minimum absolute atomic E-state index is 0.00543. The van der Waals surface area contributed by atoms with Gasteiger partial charge in [0.15, 0.2) is 0 Å². The number of rotatable bonds is 26. The van der Waals surface area contributed by atoms with Crippen LogP contribution in [0.2, 0.25) is 0 Å². The van der Waals surface area contributed by atoms with Crippen LogP contribution in [0.3, 0.4) is 0 Å². The Morgan fingerprint density at radius 3 is 0.933 bits per heavy atom. The van der Waals surface area contributed by atoms with E-state index in [0.717, 1.165) is 5.75 Å². The zero-order chi connectivity index (χ0) is 22.0. The lowest BCUT2D eigenvalue weighted by Crippen LogP contribution is -2.15. The first kappa shape index (κ1) is 29.5. The number of carboxylic acids is 1. The van der Waals surface area contributed by atoms with Gasteiger partial charge in [-0.15, -0.1) is 0 Å². The molecule has 180 valence electrons. The van der Waals surface area contributed by atoms with E-state index >= 15 is 0 Å². The predicted octanol–water partition coefficient (Wildman–Crippen LogP) is 0.524. The number of aliphatic carboxylic acids is 1. The SMILES string of the molecule is O=C(O)CCOCCOCCOCCOCCOCCOCCOCCOCCS. The average Bonchev–Trinajstić information content (AvgIpc) is 2.73. The first-order valence-corrected chi connectivity index (χ1v) is 10.8. The van der Waals surface area contributed by atoms with Crippen LogP contribution in [-0.2, 0) is 42.7 Å². The molecule has 0 aromatic carbocycles. The second kappa shape index (κ2) is 26.5. The molecule has 10 nitrogen and oxygen atoms in total. The molecule has 0 atom stereocenters. The van der Waals surface area contributed by atoms with Gasteiger partial charge in [0.05, 0.1) is 112 Å². The Hall–Kier alpha value is -0.500. The summed E-state index contributed by atoms with van der Waals surface area (Å²) in [7, 11) is 0. The molecule has 0 fully saturated rings. The maximum atomic E-state index is 10.3. The van der Waals surface area contributed by atoms with Crippen molar-refractivity contribution in [3.05, 3.63) is 0 Å². The fraction of sp³-hybridized carbons (Fsp3) is 0.947. The second-order valence-electron chi connectivity index (χ2n) is 5.77. The summed E-state index contributed by atoms with van der Waals surface area (Å²) in [5, 5.41) is 8.44. The monoisotopic (exact) mass is 458 g/mol. The summed E-state index contributed by atoms with van der Waals surface area (Å²) in [4.78, 5) is 10.3. The third kappa shape index (κ3) is 27.5. The summed E-state index contributed by atoms with van der Waals surface area (Å²) in [5.74, 6) is -0.152. The van der Waals surface area contributed by atoms with E-state index in [-0.39, 0.29) is 13.0 Å². The highest BCUT2D eigenvalue weighted by molar-refractivity contribution is 7.80. The first-order chi connectivity index (χ1) is 14.8. The Morgan fingerprint density at radius 2 is 0.700 bits per heavy atom. The van der Waals surface area contributed by atoms with Gasteiger partial charge in [-0.3, -0.25) is 4.79 Å². The van der Waals surface area contributed by atoms with Gasteiger partial charge in [-0.25, -0.2) is 0 Å². The number of thiol groups is 1. The average molecular weight is 459 g/mol. The van der Waals surface area contributed by atoms with E-state index in [0.29, 0.717) is 99.1 Å². The van der Waals surface area contributed by atoms with Crippen molar-refractivity contribution >= 4 is 18.6 Å². The van der Waals surface area contributed by atoms with Crippen LogP contribution in [0.1, 0.15) is 6.42 Å². The van der Waals surface area contributed by atoms with Gasteiger partial charge < -0.3 is 43.0 Å². The van der Waals surface area contributed by atoms with Gasteiger partial charge in [-0.2, -0.15) is 12.6 Å². The van der Waals surface area contributed by atoms with Crippen LogP contribution in [-0.4, -0.2) is 123 Å². The van der Waals surface area contributed by atoms with Crippen LogP contribution in [0.15, 0.2) is 0 Å². The second-order valence-corrected chi connectivity index (χ2v) is 6.21. The van der Waals surface area contributed by atoms with Crippen molar-refractivity contribution in [2.75, 3.05) is 111 Å². The van der Waals surface area contributed by atoms with Crippen LogP contribution >= 0.6 is 12.6 Å². The standard InChI is InChI=1S/C19H38O10S/c20-19(21)1-2-22-3-4-23-5-6-24-7-8-25-9-10-26-11-12-27-13-14-28-15-16-29-17-18-30/h30H,1-18H2,(H,20,21). The van der Waals surface area contributed by atoms with Crippen LogP contribution in [0.5, 0.6) is 0 Å². The minimum atomic E-state index is -0.869. The molecule has 30 heavy (non-hydrogen) atoms. The first-order valence-electron chi connectivity index (χ1n) is 10.2. The van der Waals surface area contributed by atoms with Gasteiger partial charge >= 0.3 is 5.97 Å². The van der Waals surface area contributed by atoms with Gasteiger partial charge in [0.25, 0.3) is 0 Å². The van der Waals surface area contributed by atoms with E-state index < -0.39 is 5.97 Å². The van der Waals surface area contributed by atoms with Crippen LogP contribution in [0, 0.1) is 0 Å². The Morgan fingerprint density at radius 1 is 0.467 bits per heavy atom. The van der Waals surface area contributed by atoms with Crippen molar-refractivity contribution in [3.8, 4) is 0 Å². The van der Waals surface area contributed by atoms with Crippen LogP contribution < -0.4 is 0 Å². The summed E-state index contributed by atoms with van der Waals surface area (Å²) in [5.41, 5.74) is 0. The number of carbonyl (C=O) groups is 1. The molecule has 0 aromatic heterocycles. The molecule has 0 unspecified atom stereocenters. The highest BCUT2D eigenvalue weighted by Crippen LogP contribution is 1.87. The van der Waals surface area contributed by atoms with E-state index in [1.807, 2.05) is 0 Å². The van der Waals surface area contributed by atoms with Gasteiger partial charge in [-0.05, 0) is 0 Å².